The maximum Gasteiger partial charge on any atom is 0.406 e. The molecule has 0 atom stereocenters. The highest BCUT2D eigenvalue weighted by Crippen LogP contribution is 2.19. The summed E-state index contributed by atoms with van der Waals surface area (Å²) in [6.07, 6.45) is 0. The van der Waals surface area contributed by atoms with Gasteiger partial charge in [0.25, 0.3) is 0 Å². The number of hydrogen-bond donors (Lipinski definition) is 0. The molecule has 1 aromatic rings. The molecule has 0 aliphatic rings. The van der Waals surface area contributed by atoms with Gasteiger partial charge in [-0.2, -0.15) is 0 Å². The highest BCUT2D eigenvalue weighted by Gasteiger charge is 2.15. The van der Waals surface area contributed by atoms with E-state index in [1.165, 1.54) is 19.1 Å². The molecule has 0 heterocycles. The van der Waals surface area contributed by atoms with Gasteiger partial charge in [0.05, 0.1) is 0 Å². The Hall–Kier alpha value is -2.08. The van der Waals surface area contributed by atoms with Gasteiger partial charge in [-0.1, -0.05) is 12.1 Å². The van der Waals surface area contributed by atoms with Crippen LogP contribution in [0.1, 0.15) is 17.3 Å². The van der Waals surface area contributed by atoms with Gasteiger partial charge in [0.2, 0.25) is 6.79 Å². The number of halogens is 1. The van der Waals surface area contributed by atoms with Gasteiger partial charge in [-0.05, 0) is 12.1 Å². The molecule has 0 saturated carbocycles. The summed E-state index contributed by atoms with van der Waals surface area (Å²) in [5.41, 5.74) is -1.05. The Balaban J connectivity index is 2.72. The number of carbonyl (C=O) groups excluding carboxylic acids is 3. The Morgan fingerprint density at radius 1 is 1.17 bits per heavy atom. The third-order valence-electron chi connectivity index (χ3n) is 1.72. The van der Waals surface area contributed by atoms with Crippen LogP contribution in [0.15, 0.2) is 24.3 Å². The zero-order valence-electron chi connectivity index (χ0n) is 9.34. The average molecular weight is 273 g/mol. The minimum absolute atomic E-state index is 0.0401. The van der Waals surface area contributed by atoms with Crippen LogP contribution in [0.3, 0.4) is 0 Å². The normalized spacial score (nSPS) is 9.44. The van der Waals surface area contributed by atoms with Gasteiger partial charge in [-0.15, -0.1) is 0 Å². The second-order valence-electron chi connectivity index (χ2n) is 3.02. The Morgan fingerprint density at radius 3 is 2.44 bits per heavy atom. The summed E-state index contributed by atoms with van der Waals surface area (Å²) < 4.78 is 13.7. The standard InChI is InChI=1S/C11H9ClO6/c1-7(13)18-9-5-3-2-4-8(9)10(14)16-6-17-11(12)15/h2-5H,6H2,1H3. The number of esters is 2. The van der Waals surface area contributed by atoms with E-state index in [1.54, 1.807) is 12.1 Å². The zero-order valence-corrected chi connectivity index (χ0v) is 10.1. The highest BCUT2D eigenvalue weighted by atomic mass is 35.5. The van der Waals surface area contributed by atoms with Crippen LogP contribution in [0.5, 0.6) is 5.75 Å². The first-order valence-electron chi connectivity index (χ1n) is 4.77. The fraction of sp³-hybridized carbons (Fsp3) is 0.182. The van der Waals surface area contributed by atoms with E-state index in [0.717, 1.165) is 0 Å². The van der Waals surface area contributed by atoms with Crippen molar-refractivity contribution in [1.82, 2.24) is 0 Å². The SMILES string of the molecule is CC(=O)Oc1ccccc1C(=O)OCOC(=O)Cl. The summed E-state index contributed by atoms with van der Waals surface area (Å²) in [7, 11) is 0. The molecule has 1 aromatic carbocycles. The third-order valence-corrected chi connectivity index (χ3v) is 1.83. The molecule has 1 rings (SSSR count). The Morgan fingerprint density at radius 2 is 1.83 bits per heavy atom. The zero-order chi connectivity index (χ0) is 13.5. The van der Waals surface area contributed by atoms with E-state index in [1.807, 2.05) is 0 Å². The molecule has 0 aliphatic heterocycles. The van der Waals surface area contributed by atoms with Crippen molar-refractivity contribution in [3.05, 3.63) is 29.8 Å². The molecule has 0 N–H and O–H groups in total. The lowest BCUT2D eigenvalue weighted by Crippen LogP contribution is -2.12. The summed E-state index contributed by atoms with van der Waals surface area (Å²) in [6.45, 7) is 0.590. The average Bonchev–Trinajstić information content (AvgIpc) is 2.28. The van der Waals surface area contributed by atoms with Crippen LogP contribution in [0.4, 0.5) is 4.79 Å². The molecule has 0 radical (unpaired) electrons. The molecule has 0 spiro atoms. The number of ether oxygens (including phenoxy) is 3. The molecule has 0 saturated heterocycles. The van der Waals surface area contributed by atoms with E-state index in [9.17, 15) is 14.4 Å². The van der Waals surface area contributed by atoms with Crippen LogP contribution in [0.2, 0.25) is 0 Å². The van der Waals surface area contributed by atoms with Crippen molar-refractivity contribution < 1.29 is 28.6 Å². The third kappa shape index (κ3) is 4.42. The Kier molecular flexibility index (Phi) is 5.13. The second kappa shape index (κ2) is 6.61. The van der Waals surface area contributed by atoms with Crippen LogP contribution >= 0.6 is 11.6 Å². The molecule has 0 aliphatic carbocycles. The monoisotopic (exact) mass is 272 g/mol. The molecule has 96 valence electrons. The van der Waals surface area contributed by atoms with Gasteiger partial charge in [0, 0.05) is 18.5 Å². The Labute approximate surface area is 107 Å². The van der Waals surface area contributed by atoms with Gasteiger partial charge in [-0.3, -0.25) is 4.79 Å². The fourth-order valence-corrected chi connectivity index (χ4v) is 1.13. The van der Waals surface area contributed by atoms with Crippen molar-refractivity contribution in [3.8, 4) is 5.75 Å². The van der Waals surface area contributed by atoms with Gasteiger partial charge in [0.1, 0.15) is 11.3 Å². The lowest BCUT2D eigenvalue weighted by molar-refractivity contribution is -0.131. The first kappa shape index (κ1) is 14.0. The summed E-state index contributed by atoms with van der Waals surface area (Å²) in [5.74, 6) is -1.31. The van der Waals surface area contributed by atoms with Crippen LogP contribution < -0.4 is 4.74 Å². The Bertz CT molecular complexity index is 470. The van der Waals surface area contributed by atoms with Crippen LogP contribution in [-0.4, -0.2) is 24.2 Å². The van der Waals surface area contributed by atoms with Gasteiger partial charge < -0.3 is 14.2 Å². The van der Waals surface area contributed by atoms with Gasteiger partial charge in [-0.25, -0.2) is 9.59 Å². The number of benzene rings is 1. The topological polar surface area (TPSA) is 78.9 Å². The number of rotatable bonds is 4. The quantitative estimate of drug-likeness (QED) is 0.361. The van der Waals surface area contributed by atoms with Crippen molar-refractivity contribution >= 4 is 29.0 Å². The van der Waals surface area contributed by atoms with Crippen molar-refractivity contribution in [2.45, 2.75) is 6.92 Å². The smallest absolute Gasteiger partial charge is 0.406 e. The largest absolute Gasteiger partial charge is 0.426 e. The summed E-state index contributed by atoms with van der Waals surface area (Å²) in [6, 6.07) is 6.00. The van der Waals surface area contributed by atoms with E-state index in [-0.39, 0.29) is 11.3 Å². The maximum absolute atomic E-state index is 11.6. The predicted octanol–water partition coefficient (Wildman–Crippen LogP) is 2.10. The molecule has 18 heavy (non-hydrogen) atoms. The number of carbonyl (C=O) groups is 3. The maximum atomic E-state index is 11.6. The van der Waals surface area contributed by atoms with Crippen LogP contribution in [0, 0.1) is 0 Å². The van der Waals surface area contributed by atoms with Crippen molar-refractivity contribution in [1.29, 1.82) is 0 Å². The van der Waals surface area contributed by atoms with Crippen LogP contribution in [-0.2, 0) is 14.3 Å². The lowest BCUT2D eigenvalue weighted by atomic mass is 10.2. The molecular weight excluding hydrogens is 264 g/mol. The molecular formula is C11H9ClO6. The highest BCUT2D eigenvalue weighted by molar-refractivity contribution is 6.61. The molecule has 6 nitrogen and oxygen atoms in total. The molecule has 0 bridgehead atoms. The number of para-hydroxylation sites is 1. The van der Waals surface area contributed by atoms with E-state index >= 15 is 0 Å². The summed E-state index contributed by atoms with van der Waals surface area (Å²) >= 11 is 4.89. The molecule has 0 amide bonds. The minimum Gasteiger partial charge on any atom is -0.426 e. The molecule has 0 unspecified atom stereocenters. The van der Waals surface area contributed by atoms with Crippen LogP contribution in [0.25, 0.3) is 0 Å². The van der Waals surface area contributed by atoms with E-state index in [2.05, 4.69) is 9.47 Å². The first-order valence-corrected chi connectivity index (χ1v) is 5.15. The second-order valence-corrected chi connectivity index (χ2v) is 3.33. The predicted molar refractivity (Wildman–Crippen MR) is 60.4 cm³/mol. The van der Waals surface area contributed by atoms with E-state index in [4.69, 9.17) is 16.3 Å². The van der Waals surface area contributed by atoms with E-state index < -0.39 is 24.2 Å². The molecule has 0 aromatic heterocycles. The molecule has 0 fully saturated rings. The van der Waals surface area contributed by atoms with Crippen molar-refractivity contribution in [2.75, 3.05) is 6.79 Å². The fourth-order valence-electron chi connectivity index (χ4n) is 1.09. The van der Waals surface area contributed by atoms with Crippen molar-refractivity contribution in [3.63, 3.8) is 0 Å². The summed E-state index contributed by atoms with van der Waals surface area (Å²) in [4.78, 5) is 32.7. The summed E-state index contributed by atoms with van der Waals surface area (Å²) in [5, 5.41) is 0. The minimum atomic E-state index is -1.09. The van der Waals surface area contributed by atoms with E-state index in [0.29, 0.717) is 0 Å². The van der Waals surface area contributed by atoms with Gasteiger partial charge in [0.15, 0.2) is 0 Å². The lowest BCUT2D eigenvalue weighted by Gasteiger charge is -2.08. The van der Waals surface area contributed by atoms with Crippen molar-refractivity contribution in [2.24, 2.45) is 0 Å². The molecule has 7 heteroatoms. The number of hydrogen-bond acceptors (Lipinski definition) is 6. The van der Waals surface area contributed by atoms with Gasteiger partial charge >= 0.3 is 17.4 Å². The first-order chi connectivity index (χ1) is 8.50.